The zero-order valence-electron chi connectivity index (χ0n) is 16.0. The summed E-state index contributed by atoms with van der Waals surface area (Å²) in [7, 11) is 0. The van der Waals surface area contributed by atoms with Crippen molar-refractivity contribution < 1.29 is 34.1 Å². The van der Waals surface area contributed by atoms with Crippen LogP contribution in [-0.4, -0.2) is 46.9 Å². The van der Waals surface area contributed by atoms with Crippen molar-refractivity contribution in [1.82, 2.24) is 0 Å². The SMILES string of the molecule is CC(=O)c1c(C(=O)O)cccc1C1COCC1c1cccc(C(=O)O)c1C(C)=O. The molecule has 3 rings (SSSR count). The number of ketones is 2. The van der Waals surface area contributed by atoms with Gasteiger partial charge in [0.15, 0.2) is 11.6 Å². The molecule has 0 bridgehead atoms. The fourth-order valence-electron chi connectivity index (χ4n) is 4.07. The molecule has 0 aromatic heterocycles. The summed E-state index contributed by atoms with van der Waals surface area (Å²) in [6.45, 7) is 3.07. The number of ether oxygens (including phenoxy) is 1. The van der Waals surface area contributed by atoms with Crippen molar-refractivity contribution >= 4 is 23.5 Å². The van der Waals surface area contributed by atoms with Gasteiger partial charge < -0.3 is 14.9 Å². The van der Waals surface area contributed by atoms with Crippen LogP contribution >= 0.6 is 0 Å². The highest BCUT2D eigenvalue weighted by Gasteiger charge is 2.36. The van der Waals surface area contributed by atoms with Crippen LogP contribution in [0.1, 0.15) is 78.2 Å². The summed E-state index contributed by atoms with van der Waals surface area (Å²) in [5, 5.41) is 19.0. The zero-order valence-corrected chi connectivity index (χ0v) is 16.0. The molecule has 1 heterocycles. The van der Waals surface area contributed by atoms with Crippen LogP contribution in [0.2, 0.25) is 0 Å². The van der Waals surface area contributed by atoms with Crippen LogP contribution in [0.3, 0.4) is 0 Å². The molecule has 7 heteroatoms. The third kappa shape index (κ3) is 3.69. The van der Waals surface area contributed by atoms with Crippen LogP contribution in [-0.2, 0) is 4.74 Å². The molecule has 2 N–H and O–H groups in total. The first-order chi connectivity index (χ1) is 13.7. The van der Waals surface area contributed by atoms with E-state index >= 15 is 0 Å². The quantitative estimate of drug-likeness (QED) is 0.719. The Labute approximate surface area is 166 Å². The lowest BCUT2D eigenvalue weighted by molar-refractivity contribution is 0.0683. The minimum absolute atomic E-state index is 0.0910. The molecule has 1 aliphatic rings. The van der Waals surface area contributed by atoms with Crippen LogP contribution in [0, 0.1) is 0 Å². The third-order valence-corrected chi connectivity index (χ3v) is 5.24. The monoisotopic (exact) mass is 396 g/mol. The van der Waals surface area contributed by atoms with Crippen LogP contribution in [0.15, 0.2) is 36.4 Å². The lowest BCUT2D eigenvalue weighted by Gasteiger charge is -2.23. The van der Waals surface area contributed by atoms with E-state index in [1.807, 2.05) is 0 Å². The Kier molecular flexibility index (Phi) is 5.61. The summed E-state index contributed by atoms with van der Waals surface area (Å²) in [5.74, 6) is -3.95. The van der Waals surface area contributed by atoms with Crippen LogP contribution in [0.5, 0.6) is 0 Å². The first kappa shape index (κ1) is 20.4. The molecule has 0 radical (unpaired) electrons. The summed E-state index contributed by atoms with van der Waals surface area (Å²) in [6.07, 6.45) is 0. The second-order valence-electron chi connectivity index (χ2n) is 7.01. The maximum Gasteiger partial charge on any atom is 0.336 e. The molecule has 2 aromatic rings. The predicted octanol–water partition coefficient (Wildman–Crippen LogP) is 3.39. The fraction of sp³-hybridized carbons (Fsp3) is 0.273. The molecule has 2 aromatic carbocycles. The van der Waals surface area contributed by atoms with Crippen LogP contribution in [0.25, 0.3) is 0 Å². The van der Waals surface area contributed by atoms with E-state index in [2.05, 4.69) is 0 Å². The van der Waals surface area contributed by atoms with Gasteiger partial charge in [-0.25, -0.2) is 9.59 Å². The number of Topliss-reactive ketones (excluding diaryl/α,β-unsaturated/α-hetero) is 2. The smallest absolute Gasteiger partial charge is 0.336 e. The largest absolute Gasteiger partial charge is 0.478 e. The summed E-state index contributed by atoms with van der Waals surface area (Å²) < 4.78 is 5.63. The van der Waals surface area contributed by atoms with Gasteiger partial charge in [0.1, 0.15) is 0 Å². The first-order valence-corrected chi connectivity index (χ1v) is 9.06. The molecule has 2 atom stereocenters. The predicted molar refractivity (Wildman–Crippen MR) is 103 cm³/mol. The molecule has 0 saturated carbocycles. The average molecular weight is 396 g/mol. The van der Waals surface area contributed by atoms with Crippen molar-refractivity contribution in [1.29, 1.82) is 0 Å². The number of carboxylic acid groups (broad SMARTS) is 2. The number of hydrogen-bond acceptors (Lipinski definition) is 5. The van der Waals surface area contributed by atoms with Crippen molar-refractivity contribution in [3.05, 3.63) is 69.8 Å². The fourth-order valence-corrected chi connectivity index (χ4v) is 4.07. The Balaban J connectivity index is 2.19. The normalized spacial score (nSPS) is 18.4. The van der Waals surface area contributed by atoms with E-state index < -0.39 is 23.8 Å². The second kappa shape index (κ2) is 7.97. The van der Waals surface area contributed by atoms with Gasteiger partial charge in [0, 0.05) is 23.0 Å². The first-order valence-electron chi connectivity index (χ1n) is 9.06. The van der Waals surface area contributed by atoms with Crippen molar-refractivity contribution in [2.45, 2.75) is 25.7 Å². The Morgan fingerprint density at radius 1 is 0.759 bits per heavy atom. The Morgan fingerprint density at radius 3 is 1.45 bits per heavy atom. The highest BCUT2D eigenvalue weighted by Crippen LogP contribution is 2.42. The summed E-state index contributed by atoms with van der Waals surface area (Å²) in [6, 6.07) is 9.26. The average Bonchev–Trinajstić information content (AvgIpc) is 3.15. The topological polar surface area (TPSA) is 118 Å². The second-order valence-corrected chi connectivity index (χ2v) is 7.01. The highest BCUT2D eigenvalue weighted by atomic mass is 16.5. The lowest BCUT2D eigenvalue weighted by Crippen LogP contribution is -2.19. The molecule has 1 fully saturated rings. The van der Waals surface area contributed by atoms with Gasteiger partial charge in [0.05, 0.1) is 24.3 Å². The van der Waals surface area contributed by atoms with E-state index in [-0.39, 0.29) is 47.0 Å². The van der Waals surface area contributed by atoms with Crippen molar-refractivity contribution in [2.75, 3.05) is 13.2 Å². The van der Waals surface area contributed by atoms with Gasteiger partial charge in [-0.2, -0.15) is 0 Å². The van der Waals surface area contributed by atoms with E-state index in [4.69, 9.17) is 4.74 Å². The molecule has 7 nitrogen and oxygen atoms in total. The molecule has 0 amide bonds. The van der Waals surface area contributed by atoms with Gasteiger partial charge in [0.2, 0.25) is 0 Å². The maximum absolute atomic E-state index is 12.3. The molecule has 0 aliphatic carbocycles. The van der Waals surface area contributed by atoms with Gasteiger partial charge in [-0.1, -0.05) is 24.3 Å². The summed E-state index contributed by atoms with van der Waals surface area (Å²) in [4.78, 5) is 47.8. The number of rotatable bonds is 6. The number of hydrogen-bond donors (Lipinski definition) is 2. The van der Waals surface area contributed by atoms with Crippen molar-refractivity contribution in [3.63, 3.8) is 0 Å². The maximum atomic E-state index is 12.3. The molecule has 1 aliphatic heterocycles. The summed E-state index contributed by atoms with van der Waals surface area (Å²) >= 11 is 0. The van der Waals surface area contributed by atoms with Crippen LogP contribution < -0.4 is 0 Å². The number of carboxylic acids is 2. The number of aromatic carboxylic acids is 2. The third-order valence-electron chi connectivity index (χ3n) is 5.24. The Bertz CT molecular complexity index is 940. The Morgan fingerprint density at radius 2 is 1.14 bits per heavy atom. The number of carbonyl (C=O) groups excluding carboxylic acids is 2. The van der Waals surface area contributed by atoms with Gasteiger partial charge in [-0.15, -0.1) is 0 Å². The molecular weight excluding hydrogens is 376 g/mol. The molecule has 1 saturated heterocycles. The van der Waals surface area contributed by atoms with E-state index in [9.17, 15) is 29.4 Å². The zero-order chi connectivity index (χ0) is 21.3. The summed E-state index contributed by atoms with van der Waals surface area (Å²) in [5.41, 5.74) is 1.09. The standard InChI is InChI=1S/C22H20O7/c1-11(23)19-13(5-3-7-15(19)21(25)26)17-9-29-10-18(17)14-6-4-8-16(22(27)28)20(14)12(2)24/h3-8,17-18H,9-10H2,1-2H3,(H,25,26)(H,27,28). The van der Waals surface area contributed by atoms with E-state index in [0.717, 1.165) is 0 Å². The van der Waals surface area contributed by atoms with Gasteiger partial charge in [0.25, 0.3) is 0 Å². The van der Waals surface area contributed by atoms with E-state index in [0.29, 0.717) is 11.1 Å². The molecule has 2 unspecified atom stereocenters. The van der Waals surface area contributed by atoms with Gasteiger partial charge in [-0.3, -0.25) is 9.59 Å². The molecule has 29 heavy (non-hydrogen) atoms. The van der Waals surface area contributed by atoms with E-state index in [1.54, 1.807) is 24.3 Å². The number of carbonyl (C=O) groups is 4. The minimum Gasteiger partial charge on any atom is -0.478 e. The van der Waals surface area contributed by atoms with Gasteiger partial charge >= 0.3 is 11.9 Å². The Hall–Kier alpha value is -3.32. The number of benzene rings is 2. The minimum atomic E-state index is -1.20. The van der Waals surface area contributed by atoms with Crippen LogP contribution in [0.4, 0.5) is 0 Å². The molecule has 150 valence electrons. The van der Waals surface area contributed by atoms with Gasteiger partial charge in [-0.05, 0) is 37.1 Å². The highest BCUT2D eigenvalue weighted by molar-refractivity contribution is 6.07. The van der Waals surface area contributed by atoms with Crippen molar-refractivity contribution in [3.8, 4) is 0 Å². The van der Waals surface area contributed by atoms with E-state index in [1.165, 1.54) is 26.0 Å². The molecule has 0 spiro atoms. The molecular formula is C22H20O7. The van der Waals surface area contributed by atoms with Crippen molar-refractivity contribution in [2.24, 2.45) is 0 Å². The lowest BCUT2D eigenvalue weighted by atomic mass is 9.78.